The van der Waals surface area contributed by atoms with Gasteiger partial charge in [0.1, 0.15) is 5.82 Å². The van der Waals surface area contributed by atoms with Crippen LogP contribution in [0.15, 0.2) is 18.3 Å². The first-order valence-electron chi connectivity index (χ1n) is 4.70. The fraction of sp³-hybridized carbons (Fsp3) is 0.500. The van der Waals surface area contributed by atoms with Crippen molar-refractivity contribution in [2.75, 3.05) is 23.9 Å². The van der Waals surface area contributed by atoms with E-state index in [1.807, 2.05) is 17.8 Å². The van der Waals surface area contributed by atoms with Crippen LogP contribution >= 0.6 is 11.8 Å². The van der Waals surface area contributed by atoms with E-state index in [-0.39, 0.29) is 0 Å². The number of thioether (sulfide) groups is 1. The molecule has 0 saturated heterocycles. The molecule has 0 amide bonds. The minimum Gasteiger partial charge on any atom is -0.399 e. The molecule has 0 spiro atoms. The summed E-state index contributed by atoms with van der Waals surface area (Å²) in [4.78, 5) is 4.16. The molecule has 4 heteroatoms. The summed E-state index contributed by atoms with van der Waals surface area (Å²) in [6.07, 6.45) is 4.98. The van der Waals surface area contributed by atoms with Gasteiger partial charge in [-0.1, -0.05) is 6.92 Å². The third kappa shape index (κ3) is 3.87. The van der Waals surface area contributed by atoms with Crippen molar-refractivity contribution < 1.29 is 0 Å². The Bertz CT molecular complexity index is 278. The lowest BCUT2D eigenvalue weighted by atomic mass is 10.3. The minimum atomic E-state index is 0.684. The number of pyridine rings is 1. The predicted molar refractivity (Wildman–Crippen MR) is 64.7 cm³/mol. The Morgan fingerprint density at radius 1 is 1.64 bits per heavy atom. The molecule has 0 aliphatic heterocycles. The first kappa shape index (κ1) is 11.2. The van der Waals surface area contributed by atoms with Gasteiger partial charge in [0.15, 0.2) is 0 Å². The molecule has 1 heterocycles. The van der Waals surface area contributed by atoms with E-state index >= 15 is 0 Å². The van der Waals surface area contributed by atoms with Crippen LogP contribution in [-0.4, -0.2) is 23.0 Å². The second kappa shape index (κ2) is 5.75. The van der Waals surface area contributed by atoms with Gasteiger partial charge in [0.25, 0.3) is 0 Å². The van der Waals surface area contributed by atoms with Crippen LogP contribution in [0.25, 0.3) is 0 Å². The summed E-state index contributed by atoms with van der Waals surface area (Å²) < 4.78 is 0. The molecule has 1 rings (SSSR count). The van der Waals surface area contributed by atoms with E-state index in [2.05, 4.69) is 23.5 Å². The molecule has 3 N–H and O–H groups in total. The van der Waals surface area contributed by atoms with Crippen LogP contribution in [0.2, 0.25) is 0 Å². The Hall–Kier alpha value is -0.900. The molecule has 78 valence electrons. The Morgan fingerprint density at radius 2 is 2.43 bits per heavy atom. The summed E-state index contributed by atoms with van der Waals surface area (Å²) in [7, 11) is 0. The van der Waals surface area contributed by atoms with Crippen LogP contribution in [0, 0.1) is 0 Å². The molecule has 3 nitrogen and oxygen atoms in total. The molecular weight excluding hydrogens is 194 g/mol. The number of nitrogens with two attached hydrogens (primary N) is 1. The van der Waals surface area contributed by atoms with Gasteiger partial charge in [-0.2, -0.15) is 11.8 Å². The van der Waals surface area contributed by atoms with Gasteiger partial charge in [-0.25, -0.2) is 4.98 Å². The molecule has 0 radical (unpaired) electrons. The molecule has 0 bridgehead atoms. The van der Waals surface area contributed by atoms with Gasteiger partial charge in [-0.3, -0.25) is 0 Å². The predicted octanol–water partition coefficient (Wildman–Crippen LogP) is 2.22. The van der Waals surface area contributed by atoms with E-state index in [1.54, 1.807) is 12.3 Å². The van der Waals surface area contributed by atoms with Crippen molar-refractivity contribution >= 4 is 23.3 Å². The number of nitrogens with one attached hydrogen (secondary N) is 1. The second-order valence-electron chi connectivity index (χ2n) is 3.24. The molecule has 1 aromatic rings. The quantitative estimate of drug-likeness (QED) is 0.784. The summed E-state index contributed by atoms with van der Waals surface area (Å²) in [6, 6.07) is 3.64. The molecule has 1 atom stereocenters. The first-order chi connectivity index (χ1) is 6.72. The van der Waals surface area contributed by atoms with E-state index in [0.717, 1.165) is 24.5 Å². The lowest BCUT2D eigenvalue weighted by molar-refractivity contribution is 0.850. The van der Waals surface area contributed by atoms with E-state index in [1.165, 1.54) is 0 Å². The van der Waals surface area contributed by atoms with Crippen molar-refractivity contribution in [1.82, 2.24) is 4.98 Å². The molecule has 0 saturated carbocycles. The van der Waals surface area contributed by atoms with Crippen LogP contribution < -0.4 is 11.1 Å². The van der Waals surface area contributed by atoms with E-state index in [4.69, 9.17) is 5.73 Å². The van der Waals surface area contributed by atoms with Crippen molar-refractivity contribution in [2.45, 2.75) is 18.6 Å². The van der Waals surface area contributed by atoms with Gasteiger partial charge in [-0.15, -0.1) is 0 Å². The standard InChI is InChI=1S/C10H17N3S/c1-8(14-2)3-5-12-10-7-9(11)4-6-13-10/h4,6-8H,3,5H2,1-2H3,(H3,11,12,13). The van der Waals surface area contributed by atoms with Crippen LogP contribution in [-0.2, 0) is 0 Å². The Labute approximate surface area is 89.5 Å². The van der Waals surface area contributed by atoms with E-state index < -0.39 is 0 Å². The number of nitrogen functional groups attached to an aromatic ring is 1. The largest absolute Gasteiger partial charge is 0.399 e. The molecular formula is C10H17N3S. The van der Waals surface area contributed by atoms with Gasteiger partial charge >= 0.3 is 0 Å². The summed E-state index contributed by atoms with van der Waals surface area (Å²) >= 11 is 1.88. The van der Waals surface area contributed by atoms with Gasteiger partial charge in [0.2, 0.25) is 0 Å². The Morgan fingerprint density at radius 3 is 3.07 bits per heavy atom. The maximum absolute atomic E-state index is 5.63. The van der Waals surface area contributed by atoms with Crippen molar-refractivity contribution in [3.05, 3.63) is 18.3 Å². The highest BCUT2D eigenvalue weighted by Crippen LogP contribution is 2.11. The lowest BCUT2D eigenvalue weighted by Gasteiger charge is -2.09. The van der Waals surface area contributed by atoms with Gasteiger partial charge in [-0.05, 0) is 18.7 Å². The number of hydrogen-bond acceptors (Lipinski definition) is 4. The summed E-state index contributed by atoms with van der Waals surface area (Å²) in [5, 5.41) is 3.93. The van der Waals surface area contributed by atoms with Crippen LogP contribution in [0.3, 0.4) is 0 Å². The van der Waals surface area contributed by atoms with Gasteiger partial charge < -0.3 is 11.1 Å². The van der Waals surface area contributed by atoms with Gasteiger partial charge in [0, 0.05) is 29.7 Å². The maximum Gasteiger partial charge on any atom is 0.127 e. The second-order valence-corrected chi connectivity index (χ2v) is 4.51. The normalized spacial score (nSPS) is 12.4. The number of rotatable bonds is 5. The average Bonchev–Trinajstić information content (AvgIpc) is 2.17. The summed E-state index contributed by atoms with van der Waals surface area (Å²) in [6.45, 7) is 3.16. The number of nitrogens with zero attached hydrogens (tertiary/aromatic N) is 1. The summed E-state index contributed by atoms with van der Waals surface area (Å²) in [5.41, 5.74) is 6.38. The molecule has 0 aliphatic carbocycles. The maximum atomic E-state index is 5.63. The molecule has 0 aromatic carbocycles. The Kier molecular flexibility index (Phi) is 4.59. The monoisotopic (exact) mass is 211 g/mol. The molecule has 1 aromatic heterocycles. The Balaban J connectivity index is 2.31. The number of aromatic nitrogens is 1. The average molecular weight is 211 g/mol. The molecule has 0 fully saturated rings. The third-order valence-corrected chi connectivity index (χ3v) is 3.08. The first-order valence-corrected chi connectivity index (χ1v) is 5.99. The molecule has 0 aliphatic rings. The number of hydrogen-bond donors (Lipinski definition) is 2. The van der Waals surface area contributed by atoms with Crippen molar-refractivity contribution in [3.63, 3.8) is 0 Å². The highest BCUT2D eigenvalue weighted by atomic mass is 32.2. The minimum absolute atomic E-state index is 0.684. The SMILES string of the molecule is CSC(C)CCNc1cc(N)ccn1. The molecule has 14 heavy (non-hydrogen) atoms. The van der Waals surface area contributed by atoms with Gasteiger partial charge in [0.05, 0.1) is 0 Å². The lowest BCUT2D eigenvalue weighted by Crippen LogP contribution is -2.08. The van der Waals surface area contributed by atoms with Crippen LogP contribution in [0.5, 0.6) is 0 Å². The fourth-order valence-electron chi connectivity index (χ4n) is 1.06. The van der Waals surface area contributed by atoms with Crippen LogP contribution in [0.4, 0.5) is 11.5 Å². The van der Waals surface area contributed by atoms with Crippen molar-refractivity contribution in [1.29, 1.82) is 0 Å². The third-order valence-electron chi connectivity index (χ3n) is 2.04. The summed E-state index contributed by atoms with van der Waals surface area (Å²) in [5.74, 6) is 0.860. The van der Waals surface area contributed by atoms with Crippen LogP contribution in [0.1, 0.15) is 13.3 Å². The zero-order valence-electron chi connectivity index (χ0n) is 8.66. The highest BCUT2D eigenvalue weighted by Gasteiger charge is 1.99. The van der Waals surface area contributed by atoms with Crippen molar-refractivity contribution in [2.24, 2.45) is 0 Å². The highest BCUT2D eigenvalue weighted by molar-refractivity contribution is 7.99. The zero-order valence-corrected chi connectivity index (χ0v) is 9.47. The van der Waals surface area contributed by atoms with E-state index in [9.17, 15) is 0 Å². The fourth-order valence-corrected chi connectivity index (χ4v) is 1.42. The topological polar surface area (TPSA) is 50.9 Å². The molecule has 1 unspecified atom stereocenters. The van der Waals surface area contributed by atoms with Crippen molar-refractivity contribution in [3.8, 4) is 0 Å². The smallest absolute Gasteiger partial charge is 0.127 e. The van der Waals surface area contributed by atoms with E-state index in [0.29, 0.717) is 5.25 Å². The zero-order chi connectivity index (χ0) is 10.4. The number of anilines is 2.